The van der Waals surface area contributed by atoms with Crippen LogP contribution in [-0.4, -0.2) is 99.6 Å². The van der Waals surface area contributed by atoms with E-state index in [1.165, 1.54) is 24.3 Å². The van der Waals surface area contributed by atoms with Crippen molar-refractivity contribution in [2.24, 2.45) is 0 Å². The van der Waals surface area contributed by atoms with E-state index in [1.54, 1.807) is 43.6 Å². The van der Waals surface area contributed by atoms with Gasteiger partial charge >= 0.3 is 0 Å². The first-order chi connectivity index (χ1) is 34.8. The molecule has 7 heterocycles. The zero-order chi connectivity index (χ0) is 48.7. The molecule has 0 unspecified atom stereocenters. The minimum atomic E-state index is -0.331. The van der Waals surface area contributed by atoms with Crippen LogP contribution in [-0.2, 0) is 17.9 Å². The first kappa shape index (κ1) is 46.4. The maximum atomic E-state index is 14.0. The summed E-state index contributed by atoms with van der Waals surface area (Å²) in [5.74, 6) is -0.541. The third-order valence-corrected chi connectivity index (χ3v) is 12.7. The van der Waals surface area contributed by atoms with Gasteiger partial charge in [-0.15, -0.1) is 0 Å². The molecule has 1 aliphatic rings. The smallest absolute Gasteiger partial charge is 0.219 e. The molecule has 1 amide bonds. The number of benzene rings is 4. The Hall–Kier alpha value is -8.33. The van der Waals surface area contributed by atoms with Crippen LogP contribution in [0.25, 0.3) is 89.1 Å². The van der Waals surface area contributed by atoms with Gasteiger partial charge in [0.05, 0.1) is 17.9 Å². The number of aliphatic hydroxyl groups excluding tert-OH is 1. The molecule has 10 aromatic rings. The number of piperazine rings is 1. The number of nitrogens with zero attached hydrogens (tertiary/aromatic N) is 10. The first-order valence-corrected chi connectivity index (χ1v) is 23.7. The van der Waals surface area contributed by atoms with Gasteiger partial charge in [0.1, 0.15) is 11.6 Å². The normalized spacial score (nSPS) is 12.8. The number of carbonyl (C=O) groups is 1. The molecule has 1 saturated heterocycles. The lowest BCUT2D eigenvalue weighted by molar-refractivity contribution is -0.130. The van der Waals surface area contributed by atoms with E-state index in [0.717, 1.165) is 105 Å². The molecule has 0 radical (unpaired) electrons. The lowest BCUT2D eigenvalue weighted by Crippen LogP contribution is -2.48. The molecule has 0 aliphatic carbocycles. The number of pyridine rings is 4. The van der Waals surface area contributed by atoms with Crippen molar-refractivity contribution in [2.45, 2.75) is 26.4 Å². The molecule has 1 fully saturated rings. The average molecular weight is 945 g/mol. The van der Waals surface area contributed by atoms with E-state index >= 15 is 0 Å². The Bertz CT molecular complexity index is 3400. The third-order valence-electron chi connectivity index (χ3n) is 12.7. The van der Waals surface area contributed by atoms with Crippen LogP contribution < -0.4 is 0 Å². The third kappa shape index (κ3) is 10.2. The topological polar surface area (TPSA) is 131 Å². The maximum absolute atomic E-state index is 14.0. The zero-order valence-corrected chi connectivity index (χ0v) is 39.1. The molecular formula is C57H50F2N10O2. The van der Waals surface area contributed by atoms with Gasteiger partial charge in [0.15, 0.2) is 11.3 Å². The quantitative estimate of drug-likeness (QED) is 0.127. The number of aliphatic hydroxyl groups is 1. The van der Waals surface area contributed by atoms with Gasteiger partial charge in [-0.25, -0.2) is 18.7 Å². The number of halogens is 2. The number of aryl methyl sites for hydroxylation is 1. The van der Waals surface area contributed by atoms with Crippen molar-refractivity contribution in [3.05, 3.63) is 182 Å². The minimum Gasteiger partial charge on any atom is -0.396 e. The molecule has 354 valence electrons. The van der Waals surface area contributed by atoms with Crippen LogP contribution in [0.1, 0.15) is 13.3 Å². The monoisotopic (exact) mass is 944 g/mol. The SMILES string of the molecule is CC(=O)N1CCN(CCn2cc3c(-c4ccc(F)cc4)c(-c4ccncc4)c(-c4ccc(F)cc4)nc3n2)CC1.OCCCn1cc2c(-c3ccccc3)c(-c3ccncc3)c(-c3ccccc3)nc2n1. The minimum absolute atomic E-state index is 0.110. The Balaban J connectivity index is 0.000000169. The summed E-state index contributed by atoms with van der Waals surface area (Å²) in [6.07, 6.45) is 11.8. The number of carbonyl (C=O) groups excluding carboxylic acids is 1. The highest BCUT2D eigenvalue weighted by atomic mass is 19.1. The molecule has 4 aromatic carbocycles. The molecule has 14 heteroatoms. The number of rotatable bonds is 12. The van der Waals surface area contributed by atoms with Crippen LogP contribution in [0.2, 0.25) is 0 Å². The summed E-state index contributed by atoms with van der Waals surface area (Å²) in [4.78, 5) is 34.3. The van der Waals surface area contributed by atoms with Gasteiger partial charge in [-0.05, 0) is 89.3 Å². The number of aromatic nitrogens is 8. The summed E-state index contributed by atoms with van der Waals surface area (Å²) in [6, 6.07) is 41.1. The fourth-order valence-corrected chi connectivity index (χ4v) is 9.20. The first-order valence-electron chi connectivity index (χ1n) is 23.7. The van der Waals surface area contributed by atoms with Crippen molar-refractivity contribution >= 4 is 28.0 Å². The standard InChI is InChI=1S/C31H28F2N6O.C26H22N4O/c1-21(40)38-17-14-37(15-18-38)16-19-39-20-27-28(22-2-6-25(32)7-3-22)29(23-10-12-34-13-11-23)30(35-31(27)36-39)24-4-8-26(33)9-5-24;31-17-7-16-30-18-22-23(19-8-3-1-4-9-19)24(20-12-14-27-15-13-20)25(28-26(22)29-30)21-10-5-2-6-11-21/h2-13,20H,14-19H2,1H3;1-6,8-15,18,31H,7,16-17H2. The second-order valence-corrected chi connectivity index (χ2v) is 17.3. The van der Waals surface area contributed by atoms with Crippen molar-refractivity contribution in [3.63, 3.8) is 0 Å². The highest BCUT2D eigenvalue weighted by Crippen LogP contribution is 2.44. The number of hydrogen-bond acceptors (Lipinski definition) is 9. The lowest BCUT2D eigenvalue weighted by Gasteiger charge is -2.34. The molecule has 1 N–H and O–H groups in total. The predicted molar refractivity (Wildman–Crippen MR) is 274 cm³/mol. The molecule has 0 spiro atoms. The highest BCUT2D eigenvalue weighted by molar-refractivity contribution is 6.07. The summed E-state index contributed by atoms with van der Waals surface area (Å²) >= 11 is 0. The largest absolute Gasteiger partial charge is 0.396 e. The van der Waals surface area contributed by atoms with Crippen molar-refractivity contribution in [3.8, 4) is 67.0 Å². The van der Waals surface area contributed by atoms with Crippen LogP contribution in [0.5, 0.6) is 0 Å². The molecule has 12 nitrogen and oxygen atoms in total. The van der Waals surface area contributed by atoms with Crippen LogP contribution in [0, 0.1) is 11.6 Å². The van der Waals surface area contributed by atoms with Gasteiger partial charge in [0, 0.05) is 134 Å². The van der Waals surface area contributed by atoms with E-state index < -0.39 is 0 Å². The van der Waals surface area contributed by atoms with Crippen molar-refractivity contribution in [1.82, 2.24) is 49.3 Å². The Kier molecular flexibility index (Phi) is 13.8. The second-order valence-electron chi connectivity index (χ2n) is 17.3. The van der Waals surface area contributed by atoms with E-state index in [4.69, 9.17) is 20.2 Å². The Morgan fingerprint density at radius 2 is 0.930 bits per heavy atom. The van der Waals surface area contributed by atoms with Crippen LogP contribution in [0.15, 0.2) is 171 Å². The van der Waals surface area contributed by atoms with Crippen LogP contribution in [0.3, 0.4) is 0 Å². The van der Waals surface area contributed by atoms with Gasteiger partial charge in [-0.1, -0.05) is 72.8 Å². The summed E-state index contributed by atoms with van der Waals surface area (Å²) in [5, 5.41) is 20.7. The summed E-state index contributed by atoms with van der Waals surface area (Å²) in [5.41, 5.74) is 12.4. The fraction of sp³-hybridized carbons (Fsp3) is 0.175. The van der Waals surface area contributed by atoms with Crippen molar-refractivity contribution < 1.29 is 18.7 Å². The van der Waals surface area contributed by atoms with Crippen molar-refractivity contribution in [2.75, 3.05) is 39.3 Å². The Labute approximate surface area is 409 Å². The van der Waals surface area contributed by atoms with E-state index in [1.807, 2.05) is 87.6 Å². The molecule has 0 atom stereocenters. The second kappa shape index (κ2) is 21.1. The summed E-state index contributed by atoms with van der Waals surface area (Å²) in [6.45, 7) is 6.91. The molecular weight excluding hydrogens is 895 g/mol. The molecule has 71 heavy (non-hydrogen) atoms. The Morgan fingerprint density at radius 1 is 0.507 bits per heavy atom. The van der Waals surface area contributed by atoms with Gasteiger partial charge in [-0.2, -0.15) is 10.2 Å². The lowest BCUT2D eigenvalue weighted by atomic mass is 9.90. The van der Waals surface area contributed by atoms with E-state index in [0.29, 0.717) is 36.5 Å². The average Bonchev–Trinajstić information content (AvgIpc) is 4.04. The molecule has 0 saturated carbocycles. The van der Waals surface area contributed by atoms with E-state index in [-0.39, 0.29) is 24.1 Å². The van der Waals surface area contributed by atoms with Gasteiger partial charge in [0.25, 0.3) is 0 Å². The van der Waals surface area contributed by atoms with E-state index in [9.17, 15) is 18.7 Å². The zero-order valence-electron chi connectivity index (χ0n) is 39.1. The van der Waals surface area contributed by atoms with Crippen molar-refractivity contribution in [1.29, 1.82) is 0 Å². The molecule has 1 aliphatic heterocycles. The number of amides is 1. The Morgan fingerprint density at radius 3 is 1.41 bits per heavy atom. The number of fused-ring (bicyclic) bond motifs is 2. The summed E-state index contributed by atoms with van der Waals surface area (Å²) in [7, 11) is 0. The fourth-order valence-electron chi connectivity index (χ4n) is 9.20. The van der Waals surface area contributed by atoms with E-state index in [2.05, 4.69) is 51.3 Å². The van der Waals surface area contributed by atoms with Gasteiger partial charge in [0.2, 0.25) is 5.91 Å². The molecule has 6 aromatic heterocycles. The summed E-state index contributed by atoms with van der Waals surface area (Å²) < 4.78 is 31.6. The highest BCUT2D eigenvalue weighted by Gasteiger charge is 2.24. The van der Waals surface area contributed by atoms with Gasteiger partial charge < -0.3 is 10.0 Å². The molecule has 11 rings (SSSR count). The van der Waals surface area contributed by atoms with Gasteiger partial charge in [-0.3, -0.25) is 29.0 Å². The number of hydrogen-bond donors (Lipinski definition) is 1. The van der Waals surface area contributed by atoms with Crippen LogP contribution >= 0.6 is 0 Å². The molecule has 0 bridgehead atoms. The maximum Gasteiger partial charge on any atom is 0.219 e. The van der Waals surface area contributed by atoms with Crippen LogP contribution in [0.4, 0.5) is 8.78 Å². The predicted octanol–water partition coefficient (Wildman–Crippen LogP) is 10.5.